The van der Waals surface area contributed by atoms with E-state index in [1.54, 1.807) is 6.07 Å². The van der Waals surface area contributed by atoms with E-state index >= 15 is 0 Å². The molecule has 0 fully saturated rings. The third-order valence-electron chi connectivity index (χ3n) is 8.85. The largest absolute Gasteiger partial charge is 0.455 e. The number of aryl methyl sites for hydroxylation is 1. The average molecular weight is 562 g/mol. The molecule has 0 spiro atoms. The molecule has 0 bridgehead atoms. The van der Waals surface area contributed by atoms with Gasteiger partial charge >= 0.3 is 0 Å². The number of hydrogen-bond donors (Lipinski definition) is 0. The number of aromatic nitrogens is 2. The standard InChI is InChI=1S/C40H34N2O/c1-23(2)28-13-10-14-29(24(3)4)38(28)42-35-16-9-8-15-34(35)41-40(42)31-20-17-25(5)37-33-21-27-19-18-26-11-6-7-12-30(26)32(27)22-36(33)43-39(31)37/h6-24H,1-5H3/i5D3. The SMILES string of the molecule is [2H]C([2H])([2H])c1ccc(-c2nc3ccccc3n2-c2c(C(C)C)cccc2C(C)C)c2oc3cc4c(ccc5ccccc54)cc3c12. The Morgan fingerprint density at radius 2 is 1.44 bits per heavy atom. The Kier molecular flexibility index (Phi) is 5.05. The molecule has 0 saturated carbocycles. The van der Waals surface area contributed by atoms with Crippen LogP contribution in [0.5, 0.6) is 0 Å². The Morgan fingerprint density at radius 1 is 0.698 bits per heavy atom. The number of para-hydroxylation sites is 3. The van der Waals surface area contributed by atoms with Crippen LogP contribution in [-0.4, -0.2) is 9.55 Å². The van der Waals surface area contributed by atoms with Gasteiger partial charge in [0, 0.05) is 14.9 Å². The molecular formula is C40H34N2O. The van der Waals surface area contributed by atoms with Gasteiger partial charge in [-0.05, 0) is 87.3 Å². The van der Waals surface area contributed by atoms with E-state index < -0.39 is 6.85 Å². The van der Waals surface area contributed by atoms with Crippen LogP contribution in [0.15, 0.2) is 108 Å². The first-order chi connectivity index (χ1) is 22.1. The number of hydrogen-bond acceptors (Lipinski definition) is 2. The number of nitrogens with zero attached hydrogens (tertiary/aromatic N) is 2. The van der Waals surface area contributed by atoms with Crippen LogP contribution in [0.3, 0.4) is 0 Å². The van der Waals surface area contributed by atoms with Crippen molar-refractivity contribution in [3.63, 3.8) is 0 Å². The minimum atomic E-state index is -2.33. The molecule has 8 rings (SSSR count). The molecule has 2 heterocycles. The van der Waals surface area contributed by atoms with Crippen molar-refractivity contribution in [2.24, 2.45) is 0 Å². The smallest absolute Gasteiger partial charge is 0.149 e. The number of benzene rings is 6. The lowest BCUT2D eigenvalue weighted by Gasteiger charge is -2.22. The average Bonchev–Trinajstić information content (AvgIpc) is 3.60. The Balaban J connectivity index is 1.52. The highest BCUT2D eigenvalue weighted by Gasteiger charge is 2.25. The second-order valence-corrected chi connectivity index (χ2v) is 12.2. The van der Waals surface area contributed by atoms with E-state index in [1.165, 1.54) is 11.1 Å². The van der Waals surface area contributed by atoms with Crippen molar-refractivity contribution in [2.45, 2.75) is 46.4 Å². The quantitative estimate of drug-likeness (QED) is 0.200. The van der Waals surface area contributed by atoms with Crippen molar-refractivity contribution in [1.82, 2.24) is 9.55 Å². The lowest BCUT2D eigenvalue weighted by Crippen LogP contribution is -2.08. The van der Waals surface area contributed by atoms with Crippen LogP contribution in [0, 0.1) is 6.85 Å². The summed E-state index contributed by atoms with van der Waals surface area (Å²) >= 11 is 0. The molecule has 0 saturated heterocycles. The molecule has 210 valence electrons. The fraction of sp³-hybridized carbons (Fsp3) is 0.175. The topological polar surface area (TPSA) is 31.0 Å². The van der Waals surface area contributed by atoms with E-state index in [4.69, 9.17) is 13.5 Å². The molecule has 6 aromatic carbocycles. The highest BCUT2D eigenvalue weighted by Crippen LogP contribution is 2.43. The number of imidazole rings is 1. The number of furan rings is 1. The van der Waals surface area contributed by atoms with Gasteiger partial charge < -0.3 is 4.42 Å². The molecule has 0 aliphatic rings. The Hall–Kier alpha value is -4.89. The van der Waals surface area contributed by atoms with Crippen LogP contribution in [0.1, 0.15) is 60.3 Å². The molecule has 0 amide bonds. The van der Waals surface area contributed by atoms with Crippen molar-refractivity contribution >= 4 is 54.5 Å². The summed E-state index contributed by atoms with van der Waals surface area (Å²) in [4.78, 5) is 5.23. The van der Waals surface area contributed by atoms with E-state index in [0.29, 0.717) is 16.6 Å². The summed E-state index contributed by atoms with van der Waals surface area (Å²) < 4.78 is 34.5. The zero-order valence-corrected chi connectivity index (χ0v) is 24.8. The maximum absolute atomic E-state index is 8.50. The molecule has 3 nitrogen and oxygen atoms in total. The maximum Gasteiger partial charge on any atom is 0.149 e. The van der Waals surface area contributed by atoms with Gasteiger partial charge in [-0.15, -0.1) is 0 Å². The van der Waals surface area contributed by atoms with Crippen LogP contribution in [0.2, 0.25) is 0 Å². The first-order valence-electron chi connectivity index (χ1n) is 16.5. The van der Waals surface area contributed by atoms with Crippen molar-refractivity contribution in [3.8, 4) is 17.1 Å². The highest BCUT2D eigenvalue weighted by molar-refractivity contribution is 6.18. The monoisotopic (exact) mass is 561 g/mol. The van der Waals surface area contributed by atoms with Crippen molar-refractivity contribution < 1.29 is 8.53 Å². The van der Waals surface area contributed by atoms with E-state index in [9.17, 15) is 0 Å². The van der Waals surface area contributed by atoms with E-state index in [0.717, 1.165) is 55.0 Å². The molecule has 0 aliphatic heterocycles. The highest BCUT2D eigenvalue weighted by atomic mass is 16.3. The first-order valence-corrected chi connectivity index (χ1v) is 15.0. The summed E-state index contributed by atoms with van der Waals surface area (Å²) in [5, 5.41) is 5.79. The maximum atomic E-state index is 8.50. The van der Waals surface area contributed by atoms with Gasteiger partial charge in [0.15, 0.2) is 0 Å². The lowest BCUT2D eigenvalue weighted by molar-refractivity contribution is 0.670. The summed E-state index contributed by atoms with van der Waals surface area (Å²) in [7, 11) is 0. The van der Waals surface area contributed by atoms with Crippen LogP contribution < -0.4 is 0 Å². The predicted octanol–water partition coefficient (Wildman–Crippen LogP) is 11.5. The van der Waals surface area contributed by atoms with Crippen molar-refractivity contribution in [1.29, 1.82) is 0 Å². The normalized spacial score (nSPS) is 13.6. The Bertz CT molecular complexity index is 2450. The van der Waals surface area contributed by atoms with Gasteiger partial charge in [0.2, 0.25) is 0 Å². The van der Waals surface area contributed by atoms with Gasteiger partial charge in [-0.3, -0.25) is 4.57 Å². The molecule has 3 heteroatoms. The summed E-state index contributed by atoms with van der Waals surface area (Å²) in [5.41, 5.74) is 7.68. The van der Waals surface area contributed by atoms with Gasteiger partial charge in [-0.2, -0.15) is 0 Å². The van der Waals surface area contributed by atoms with Gasteiger partial charge in [0.25, 0.3) is 0 Å². The van der Waals surface area contributed by atoms with Crippen LogP contribution in [-0.2, 0) is 0 Å². The molecular weight excluding hydrogens is 524 g/mol. The summed E-state index contributed by atoms with van der Waals surface area (Å²) in [6.45, 7) is 6.55. The third kappa shape index (κ3) is 3.84. The first kappa shape index (κ1) is 22.7. The number of rotatable bonds is 4. The van der Waals surface area contributed by atoms with Gasteiger partial charge in [0.05, 0.1) is 22.3 Å². The molecule has 2 aromatic heterocycles. The summed E-state index contributed by atoms with van der Waals surface area (Å²) in [6.07, 6.45) is 0. The zero-order valence-electron chi connectivity index (χ0n) is 27.8. The second kappa shape index (κ2) is 9.57. The molecule has 0 aliphatic carbocycles. The fourth-order valence-electron chi connectivity index (χ4n) is 6.76. The zero-order chi connectivity index (χ0) is 31.9. The van der Waals surface area contributed by atoms with E-state index in [2.05, 4.69) is 92.9 Å². The van der Waals surface area contributed by atoms with Crippen LogP contribution >= 0.6 is 0 Å². The molecule has 0 atom stereocenters. The molecule has 0 radical (unpaired) electrons. The second-order valence-electron chi connectivity index (χ2n) is 12.2. The number of fused-ring (bicyclic) bond motifs is 7. The molecule has 0 N–H and O–H groups in total. The molecule has 43 heavy (non-hydrogen) atoms. The predicted molar refractivity (Wildman–Crippen MR) is 182 cm³/mol. The molecule has 0 unspecified atom stereocenters. The molecule has 8 aromatic rings. The lowest BCUT2D eigenvalue weighted by atomic mass is 9.92. The van der Waals surface area contributed by atoms with Crippen LogP contribution in [0.25, 0.3) is 71.6 Å². The van der Waals surface area contributed by atoms with Gasteiger partial charge in [-0.25, -0.2) is 4.98 Å². The summed E-state index contributed by atoms with van der Waals surface area (Å²) in [6, 6.07) is 35.0. The van der Waals surface area contributed by atoms with Gasteiger partial charge in [-0.1, -0.05) is 100 Å². The van der Waals surface area contributed by atoms with Gasteiger partial charge in [0.1, 0.15) is 17.0 Å². The third-order valence-corrected chi connectivity index (χ3v) is 8.85. The van der Waals surface area contributed by atoms with E-state index in [1.807, 2.05) is 36.4 Å². The fourth-order valence-corrected chi connectivity index (χ4v) is 6.76. The van der Waals surface area contributed by atoms with E-state index in [-0.39, 0.29) is 17.4 Å². The Morgan fingerprint density at radius 3 is 2.23 bits per heavy atom. The van der Waals surface area contributed by atoms with Crippen molar-refractivity contribution in [2.75, 3.05) is 0 Å². The minimum absolute atomic E-state index is 0.272. The summed E-state index contributed by atoms with van der Waals surface area (Å²) in [5.74, 6) is 1.27. The van der Waals surface area contributed by atoms with Crippen molar-refractivity contribution in [3.05, 3.63) is 120 Å². The minimum Gasteiger partial charge on any atom is -0.455 e. The Labute approximate surface area is 255 Å². The van der Waals surface area contributed by atoms with Crippen LogP contribution in [0.4, 0.5) is 0 Å².